The first-order valence-corrected chi connectivity index (χ1v) is 7.70. The van der Waals surface area contributed by atoms with Crippen LogP contribution in [-0.4, -0.2) is 16.7 Å². The van der Waals surface area contributed by atoms with E-state index >= 15 is 0 Å². The Morgan fingerprint density at radius 3 is 2.52 bits per heavy atom. The van der Waals surface area contributed by atoms with Crippen LogP contribution in [0.4, 0.5) is 0 Å². The van der Waals surface area contributed by atoms with Gasteiger partial charge in [-0.3, -0.25) is 14.5 Å². The molecule has 2 amide bonds. The van der Waals surface area contributed by atoms with E-state index in [0.717, 1.165) is 18.4 Å². The molecule has 4 atom stereocenters. The van der Waals surface area contributed by atoms with Crippen LogP contribution >= 0.6 is 0 Å². The highest BCUT2D eigenvalue weighted by Crippen LogP contribution is 2.57. The van der Waals surface area contributed by atoms with Gasteiger partial charge >= 0.3 is 0 Å². The maximum absolute atomic E-state index is 12.9. The van der Waals surface area contributed by atoms with Crippen molar-refractivity contribution in [1.29, 1.82) is 0 Å². The highest BCUT2D eigenvalue weighted by molar-refractivity contribution is 6.08. The smallest absolute Gasteiger partial charge is 0.236 e. The van der Waals surface area contributed by atoms with Crippen molar-refractivity contribution in [3.8, 4) is 0 Å². The van der Waals surface area contributed by atoms with Crippen LogP contribution in [0, 0.1) is 23.2 Å². The first-order valence-electron chi connectivity index (χ1n) is 7.70. The van der Waals surface area contributed by atoms with E-state index in [2.05, 4.69) is 12.2 Å². The average molecular weight is 281 g/mol. The molecule has 2 bridgehead atoms. The van der Waals surface area contributed by atoms with Crippen molar-refractivity contribution in [3.05, 3.63) is 48.0 Å². The Labute approximate surface area is 124 Å². The monoisotopic (exact) mass is 281 g/mol. The van der Waals surface area contributed by atoms with Crippen molar-refractivity contribution in [1.82, 2.24) is 4.90 Å². The van der Waals surface area contributed by atoms with Gasteiger partial charge in [-0.1, -0.05) is 42.5 Å². The minimum absolute atomic E-state index is 0.0282. The van der Waals surface area contributed by atoms with Crippen molar-refractivity contribution < 1.29 is 9.59 Å². The molecule has 21 heavy (non-hydrogen) atoms. The van der Waals surface area contributed by atoms with Crippen molar-refractivity contribution in [2.75, 3.05) is 0 Å². The molecule has 1 heterocycles. The van der Waals surface area contributed by atoms with E-state index in [4.69, 9.17) is 0 Å². The van der Waals surface area contributed by atoms with Gasteiger partial charge < -0.3 is 0 Å². The number of hydrogen-bond donors (Lipinski definition) is 0. The number of imide groups is 1. The lowest BCUT2D eigenvalue weighted by Crippen LogP contribution is -2.47. The van der Waals surface area contributed by atoms with Crippen LogP contribution in [0.2, 0.25) is 0 Å². The molecule has 3 aliphatic carbocycles. The van der Waals surface area contributed by atoms with Gasteiger partial charge in [-0.25, -0.2) is 0 Å². The first-order chi connectivity index (χ1) is 10.1. The van der Waals surface area contributed by atoms with Gasteiger partial charge in [0.1, 0.15) is 0 Å². The molecule has 3 nitrogen and oxygen atoms in total. The number of nitrogens with zero attached hydrogens (tertiary/aromatic N) is 1. The summed E-state index contributed by atoms with van der Waals surface area (Å²) in [6, 6.07) is 9.78. The summed E-state index contributed by atoms with van der Waals surface area (Å²) in [6.07, 6.45) is 6.41. The molecule has 1 saturated heterocycles. The summed E-state index contributed by atoms with van der Waals surface area (Å²) in [7, 11) is 0. The third kappa shape index (κ3) is 1.60. The van der Waals surface area contributed by atoms with Gasteiger partial charge in [-0.15, -0.1) is 0 Å². The van der Waals surface area contributed by atoms with Crippen LogP contribution in [0.1, 0.15) is 25.3 Å². The van der Waals surface area contributed by atoms with Crippen LogP contribution in [0.3, 0.4) is 0 Å². The topological polar surface area (TPSA) is 37.4 Å². The maximum Gasteiger partial charge on any atom is 0.236 e. The van der Waals surface area contributed by atoms with E-state index in [0.29, 0.717) is 6.54 Å². The van der Waals surface area contributed by atoms with Crippen LogP contribution in [-0.2, 0) is 16.1 Å². The summed E-state index contributed by atoms with van der Waals surface area (Å²) in [4.78, 5) is 27.3. The SMILES string of the molecule is C[C@]12C(=O)N(Cc3ccccc3)C(=O)[C@H]1[C@H]1C=C[C@@H]2CC1. The minimum Gasteiger partial charge on any atom is -0.277 e. The molecule has 0 N–H and O–H groups in total. The normalized spacial score (nSPS) is 37.2. The van der Waals surface area contributed by atoms with Crippen LogP contribution in [0.5, 0.6) is 0 Å². The second-order valence-electron chi connectivity index (χ2n) is 6.71. The number of carbonyl (C=O) groups is 2. The predicted octanol–water partition coefficient (Wildman–Crippen LogP) is 2.77. The number of amides is 2. The van der Waals surface area contributed by atoms with E-state index in [1.165, 1.54) is 4.90 Å². The van der Waals surface area contributed by atoms with Gasteiger partial charge in [-0.05, 0) is 37.2 Å². The Hall–Kier alpha value is -1.90. The fourth-order valence-corrected chi connectivity index (χ4v) is 4.50. The third-order valence-electron chi connectivity index (χ3n) is 5.67. The largest absolute Gasteiger partial charge is 0.277 e. The number of rotatable bonds is 2. The van der Waals surface area contributed by atoms with Gasteiger partial charge in [0.15, 0.2) is 0 Å². The van der Waals surface area contributed by atoms with Gasteiger partial charge in [0, 0.05) is 0 Å². The fraction of sp³-hybridized carbons (Fsp3) is 0.444. The number of fused-ring (bicyclic) bond motifs is 1. The summed E-state index contributed by atoms with van der Waals surface area (Å²) in [6.45, 7) is 2.41. The minimum atomic E-state index is -0.510. The Balaban J connectivity index is 1.70. The maximum atomic E-state index is 12.9. The van der Waals surface area contributed by atoms with E-state index in [-0.39, 0.29) is 29.6 Å². The van der Waals surface area contributed by atoms with Crippen LogP contribution in [0.15, 0.2) is 42.5 Å². The molecule has 3 heteroatoms. The van der Waals surface area contributed by atoms with Crippen molar-refractivity contribution in [2.24, 2.45) is 23.2 Å². The van der Waals surface area contributed by atoms with Gasteiger partial charge in [-0.2, -0.15) is 0 Å². The van der Waals surface area contributed by atoms with Crippen molar-refractivity contribution >= 4 is 11.8 Å². The summed E-state index contributed by atoms with van der Waals surface area (Å²) < 4.78 is 0. The zero-order valence-electron chi connectivity index (χ0n) is 12.2. The number of benzene rings is 1. The Morgan fingerprint density at radius 2 is 1.90 bits per heavy atom. The van der Waals surface area contributed by atoms with E-state index in [9.17, 15) is 9.59 Å². The Morgan fingerprint density at radius 1 is 1.14 bits per heavy atom. The summed E-state index contributed by atoms with van der Waals surface area (Å²) >= 11 is 0. The average Bonchev–Trinajstić information content (AvgIpc) is 2.72. The third-order valence-corrected chi connectivity index (χ3v) is 5.67. The quantitative estimate of drug-likeness (QED) is 0.617. The lowest BCUT2D eigenvalue weighted by Gasteiger charge is -2.45. The Bertz CT molecular complexity index is 636. The Kier molecular flexibility index (Phi) is 2.62. The molecule has 0 aromatic heterocycles. The lowest BCUT2D eigenvalue weighted by molar-refractivity contribution is -0.142. The van der Waals surface area contributed by atoms with Crippen molar-refractivity contribution in [2.45, 2.75) is 26.3 Å². The number of hydrogen-bond acceptors (Lipinski definition) is 2. The van der Waals surface area contributed by atoms with E-state index in [1.54, 1.807) is 0 Å². The fourth-order valence-electron chi connectivity index (χ4n) is 4.50. The molecule has 1 aromatic rings. The second-order valence-corrected chi connectivity index (χ2v) is 6.71. The molecule has 0 spiro atoms. The highest BCUT2D eigenvalue weighted by Gasteiger charge is 2.64. The van der Waals surface area contributed by atoms with Gasteiger partial charge in [0.25, 0.3) is 0 Å². The predicted molar refractivity (Wildman–Crippen MR) is 79.0 cm³/mol. The molecular weight excluding hydrogens is 262 g/mol. The highest BCUT2D eigenvalue weighted by atomic mass is 16.2. The van der Waals surface area contributed by atoms with Crippen LogP contribution in [0.25, 0.3) is 0 Å². The summed E-state index contributed by atoms with van der Waals surface area (Å²) in [5, 5.41) is 0. The number of allylic oxidation sites excluding steroid dienone is 2. The molecule has 1 aliphatic heterocycles. The number of carbonyl (C=O) groups excluding carboxylic acids is 2. The molecule has 108 valence electrons. The molecular formula is C18H19NO2. The lowest BCUT2D eigenvalue weighted by atomic mass is 9.55. The molecule has 2 fully saturated rings. The van der Waals surface area contributed by atoms with Gasteiger partial charge in [0.2, 0.25) is 11.8 Å². The van der Waals surface area contributed by atoms with E-state index < -0.39 is 5.41 Å². The zero-order valence-corrected chi connectivity index (χ0v) is 12.2. The van der Waals surface area contributed by atoms with E-state index in [1.807, 2.05) is 37.3 Å². The molecule has 1 saturated carbocycles. The summed E-state index contributed by atoms with van der Waals surface area (Å²) in [5.41, 5.74) is 0.505. The number of likely N-dealkylation sites (tertiary alicyclic amines) is 1. The molecule has 0 radical (unpaired) electrons. The van der Waals surface area contributed by atoms with Crippen LogP contribution < -0.4 is 0 Å². The molecule has 1 aromatic carbocycles. The van der Waals surface area contributed by atoms with Crippen molar-refractivity contribution in [3.63, 3.8) is 0 Å². The zero-order chi connectivity index (χ0) is 14.6. The second kappa shape index (κ2) is 4.30. The molecule has 4 aliphatic rings. The molecule has 0 unspecified atom stereocenters. The molecule has 5 rings (SSSR count). The first kappa shape index (κ1) is 12.8. The summed E-state index contributed by atoms with van der Waals surface area (Å²) in [5.74, 6) is 0.394. The standard InChI is InChI=1S/C18H19NO2/c1-18-14-9-7-13(8-10-14)15(18)16(20)19(17(18)21)11-12-5-3-2-4-6-12/h2-7,9,13-15H,8,10-11H2,1H3/t13-,14+,15+,18+/m0/s1. The van der Waals surface area contributed by atoms with Gasteiger partial charge in [0.05, 0.1) is 17.9 Å².